The number of hydrogen-bond donors (Lipinski definition) is 6. The molecule has 12 heteroatoms. The van der Waals surface area contributed by atoms with E-state index in [0.29, 0.717) is 44.0 Å². The minimum Gasteiger partial charge on any atom is -0.508 e. The number of guanidine groups is 1. The van der Waals surface area contributed by atoms with Gasteiger partial charge in [-0.1, -0.05) is 42.4 Å². The fraction of sp³-hybridized carbons (Fsp3) is 0.491. The Morgan fingerprint density at radius 3 is 2.70 bits per heavy atom. The zero-order valence-electron chi connectivity index (χ0n) is 38.8. The number of β-amino-alcohol motifs (C(OH)–C–C–N with tert-alkyl or cyclic N) is 1. The van der Waals surface area contributed by atoms with E-state index in [1.165, 1.54) is 5.56 Å². The maximum absolute atomic E-state index is 15.5. The van der Waals surface area contributed by atoms with E-state index < -0.39 is 5.60 Å². The molecule has 9 atom stereocenters. The van der Waals surface area contributed by atoms with Gasteiger partial charge in [-0.25, -0.2) is 0 Å². The number of phenols is 1. The number of rotatable bonds is 7. The molecule has 2 aliphatic heterocycles. The van der Waals surface area contributed by atoms with Crippen LogP contribution in [0.5, 0.6) is 5.75 Å². The Balaban J connectivity index is 1.16. The molecular formula is C55H62N6O4S2. The van der Waals surface area contributed by atoms with Crippen molar-refractivity contribution in [1.82, 2.24) is 5.32 Å². The molecule has 0 saturated heterocycles. The molecule has 10 nitrogen and oxygen atoms in total. The second-order valence-electron chi connectivity index (χ2n) is 20.5. The summed E-state index contributed by atoms with van der Waals surface area (Å²) in [5, 5.41) is 42.2. The highest BCUT2D eigenvalue weighted by atomic mass is 32.1. The predicted octanol–water partition coefficient (Wildman–Crippen LogP) is 8.44. The normalized spacial score (nSPS) is 30.9. The SMILES string of the molecule is CC#Cc1ccc(-c2ccc(C(=O)C3CCC4CC35CC(C3C#Cc6c(cc(O)cc6NCC(C)(O)Cc6cccc(c6CC6=NCN=C6)C3)CC4NC(N)=NC)C3(CCCC3CO)C5)s2)s1. The average molecular weight is 935 g/mol. The first kappa shape index (κ1) is 45.5. The number of carbonyl (C=O) groups is 1. The molecule has 348 valence electrons. The summed E-state index contributed by atoms with van der Waals surface area (Å²) in [6.45, 7) is 4.48. The molecule has 7 N–H and O–H groups in total. The van der Waals surface area contributed by atoms with Gasteiger partial charge in [0.15, 0.2) is 11.7 Å². The second kappa shape index (κ2) is 18.3. The van der Waals surface area contributed by atoms with E-state index in [1.54, 1.807) is 35.8 Å². The van der Waals surface area contributed by atoms with Gasteiger partial charge in [0.05, 0.1) is 32.3 Å². The summed E-state index contributed by atoms with van der Waals surface area (Å²) in [4.78, 5) is 33.1. The van der Waals surface area contributed by atoms with Gasteiger partial charge in [0.1, 0.15) is 12.4 Å². The summed E-state index contributed by atoms with van der Waals surface area (Å²) in [5.74, 6) is 14.6. The maximum Gasteiger partial charge on any atom is 0.188 e. The number of benzene rings is 2. The number of anilines is 1. The number of fused-ring (bicyclic) bond motifs is 7. The van der Waals surface area contributed by atoms with Crippen molar-refractivity contribution in [2.24, 2.45) is 61.1 Å². The summed E-state index contributed by atoms with van der Waals surface area (Å²) >= 11 is 3.26. The lowest BCUT2D eigenvalue weighted by Crippen LogP contribution is -2.50. The van der Waals surface area contributed by atoms with E-state index in [1.807, 2.05) is 32.2 Å². The quantitative estimate of drug-likeness (QED) is 0.0469. The molecule has 10 rings (SSSR count). The van der Waals surface area contributed by atoms with Crippen LogP contribution in [0.1, 0.15) is 108 Å². The molecule has 0 radical (unpaired) electrons. The molecule has 2 aromatic carbocycles. The van der Waals surface area contributed by atoms with Crippen LogP contribution in [0.2, 0.25) is 0 Å². The van der Waals surface area contributed by atoms with Crippen LogP contribution < -0.4 is 16.4 Å². The summed E-state index contributed by atoms with van der Waals surface area (Å²) < 4.78 is 0. The number of aliphatic imine (C=N–C) groups is 3. The number of phenolic OH excluding ortho intramolecular Hbond substituents is 1. The second-order valence-corrected chi connectivity index (χ2v) is 22.7. The van der Waals surface area contributed by atoms with E-state index >= 15 is 4.79 Å². The number of aromatic hydroxyl groups is 1. The van der Waals surface area contributed by atoms with Crippen LogP contribution in [0.3, 0.4) is 0 Å². The number of hydrogen-bond acceptors (Lipinski definition) is 10. The van der Waals surface area contributed by atoms with E-state index in [0.717, 1.165) is 98.8 Å². The van der Waals surface area contributed by atoms with Crippen LogP contribution in [-0.2, 0) is 25.7 Å². The van der Waals surface area contributed by atoms with Crippen molar-refractivity contribution < 1.29 is 20.1 Å². The van der Waals surface area contributed by atoms with E-state index in [-0.39, 0.29) is 71.1 Å². The lowest BCUT2D eigenvalue weighted by atomic mass is 9.57. The Bertz CT molecular complexity index is 2800. The predicted molar refractivity (Wildman–Crippen MR) is 271 cm³/mol. The number of nitrogens with two attached hydrogens (primary N) is 1. The summed E-state index contributed by atoms with van der Waals surface area (Å²) in [6, 6.07) is 18.2. The third-order valence-corrected chi connectivity index (χ3v) is 18.7. The van der Waals surface area contributed by atoms with Crippen molar-refractivity contribution in [3.05, 3.63) is 92.2 Å². The van der Waals surface area contributed by atoms with Crippen LogP contribution in [-0.4, -0.2) is 77.5 Å². The van der Waals surface area contributed by atoms with Gasteiger partial charge in [0, 0.05) is 73.0 Å². The first-order chi connectivity index (χ1) is 32.4. The lowest BCUT2D eigenvalue weighted by Gasteiger charge is -2.48. The van der Waals surface area contributed by atoms with Crippen molar-refractivity contribution in [2.75, 3.05) is 32.2 Å². The Kier molecular flexibility index (Phi) is 12.5. The number of thiophene rings is 2. The standard InChI is InChI=1S/C55H62N6O4S2/c1-4-7-41-13-16-48(66-41)49-17-18-50(67-49)51(64)44-15-12-36-26-54(44)27-45(55(30-54)19-6-10-38(55)29-62)34-11-14-42-37(22-46(36)61-52(56)57-3)21-40(63)24-47(42)59-31-53(2,65)25-35-9-5-8-33(20-34)43(35)23-39-28-58-32-60-39/h5,8-9,13,16-18,21,24,28,34,36,38,44-46,59,62-63,65H,6,10,12,15,19-20,22-23,25-27,29-32H2,1-3H3,(H3,56,57,61). The topological polar surface area (TPSA) is 165 Å². The number of aliphatic hydroxyl groups excluding tert-OH is 1. The zero-order valence-corrected chi connectivity index (χ0v) is 40.5. The van der Waals surface area contributed by atoms with Crippen molar-refractivity contribution >= 4 is 52.0 Å². The Morgan fingerprint density at radius 2 is 1.90 bits per heavy atom. The van der Waals surface area contributed by atoms with Crippen molar-refractivity contribution in [1.29, 1.82) is 0 Å². The van der Waals surface area contributed by atoms with Crippen LogP contribution in [0, 0.1) is 64.1 Å². The van der Waals surface area contributed by atoms with Gasteiger partial charge in [0.25, 0.3) is 0 Å². The maximum atomic E-state index is 15.5. The zero-order chi connectivity index (χ0) is 46.5. The number of carbonyl (C=O) groups excluding carboxylic acids is 1. The molecule has 4 heterocycles. The molecule has 6 aliphatic rings. The van der Waals surface area contributed by atoms with Crippen molar-refractivity contribution in [3.63, 3.8) is 0 Å². The first-order valence-corrected chi connectivity index (χ1v) is 25.8. The number of aliphatic hydroxyl groups is 2. The van der Waals surface area contributed by atoms with E-state index in [9.17, 15) is 15.3 Å². The number of nitrogens with zero attached hydrogens (tertiary/aromatic N) is 3. The molecule has 4 aliphatic carbocycles. The lowest BCUT2D eigenvalue weighted by molar-refractivity contribution is 0.0229. The first-order valence-electron chi connectivity index (χ1n) is 24.1. The molecule has 0 amide bonds. The Labute approximate surface area is 402 Å². The molecule has 2 aromatic heterocycles. The molecule has 7 bridgehead atoms. The average Bonchev–Trinajstić information content (AvgIpc) is 4.17. The van der Waals surface area contributed by atoms with Crippen LogP contribution >= 0.6 is 22.7 Å². The third-order valence-electron chi connectivity index (χ3n) is 16.4. The van der Waals surface area contributed by atoms with Gasteiger partial charge < -0.3 is 31.7 Å². The molecule has 67 heavy (non-hydrogen) atoms. The molecule has 2 spiro atoms. The van der Waals surface area contributed by atoms with Crippen LogP contribution in [0.15, 0.2) is 69.6 Å². The van der Waals surface area contributed by atoms with E-state index in [2.05, 4.69) is 80.7 Å². The Hall–Kier alpha value is -5.24. The minimum atomic E-state index is -1.15. The van der Waals surface area contributed by atoms with Gasteiger partial charge in [-0.2, -0.15) is 0 Å². The fourth-order valence-corrected chi connectivity index (χ4v) is 15.6. The minimum absolute atomic E-state index is 0.0806. The monoisotopic (exact) mass is 934 g/mol. The van der Waals surface area contributed by atoms with Gasteiger partial charge in [-0.05, 0) is 153 Å². The fourth-order valence-electron chi connectivity index (χ4n) is 13.6. The van der Waals surface area contributed by atoms with Gasteiger partial charge in [0.2, 0.25) is 0 Å². The summed E-state index contributed by atoms with van der Waals surface area (Å²) in [7, 11) is 1.69. The molecule has 4 aromatic rings. The number of nitrogens with one attached hydrogen (secondary N) is 2. The largest absolute Gasteiger partial charge is 0.508 e. The summed E-state index contributed by atoms with van der Waals surface area (Å²) in [5.41, 5.74) is 11.5. The third kappa shape index (κ3) is 8.76. The molecule has 9 unspecified atom stereocenters. The molecular weight excluding hydrogens is 873 g/mol. The van der Waals surface area contributed by atoms with Gasteiger partial charge in [-0.15, -0.1) is 28.6 Å². The number of ketones is 1. The van der Waals surface area contributed by atoms with Crippen LogP contribution in [0.4, 0.5) is 5.69 Å². The van der Waals surface area contributed by atoms with Gasteiger partial charge in [-0.3, -0.25) is 19.8 Å². The number of Topliss-reactive ketones (excluding diaryl/α,β-unsaturated/α-hetero) is 1. The Morgan fingerprint density at radius 1 is 1.06 bits per heavy atom. The van der Waals surface area contributed by atoms with Gasteiger partial charge >= 0.3 is 0 Å². The van der Waals surface area contributed by atoms with Crippen molar-refractivity contribution in [2.45, 2.75) is 103 Å². The molecule has 3 saturated carbocycles. The van der Waals surface area contributed by atoms with Crippen molar-refractivity contribution in [3.8, 4) is 39.2 Å². The highest BCUT2D eigenvalue weighted by Gasteiger charge is 2.64. The highest BCUT2D eigenvalue weighted by molar-refractivity contribution is 7.23. The molecule has 3 fully saturated rings. The van der Waals surface area contributed by atoms with E-state index in [4.69, 9.17) is 10.7 Å². The summed E-state index contributed by atoms with van der Waals surface area (Å²) in [6.07, 6.45) is 11.1. The smallest absolute Gasteiger partial charge is 0.188 e. The highest BCUT2D eigenvalue weighted by Crippen LogP contribution is 2.70. The van der Waals surface area contributed by atoms with Crippen LogP contribution in [0.25, 0.3) is 9.75 Å².